The maximum atomic E-state index is 11.9. The van der Waals surface area contributed by atoms with Gasteiger partial charge in [0.15, 0.2) is 0 Å². The lowest BCUT2D eigenvalue weighted by atomic mass is 10.2. The number of allylic oxidation sites excluding steroid dienone is 1. The zero-order valence-electron chi connectivity index (χ0n) is 7.55. The second kappa shape index (κ2) is 3.42. The number of aromatic amines is 1. The van der Waals surface area contributed by atoms with Gasteiger partial charge in [-0.05, 0) is 17.7 Å². The third-order valence-corrected chi connectivity index (χ3v) is 1.91. The van der Waals surface area contributed by atoms with Gasteiger partial charge in [0.1, 0.15) is 0 Å². The monoisotopic (exact) mass is 212 g/mol. The van der Waals surface area contributed by atoms with Gasteiger partial charge in [-0.15, -0.1) is 0 Å². The van der Waals surface area contributed by atoms with Gasteiger partial charge in [-0.2, -0.15) is 13.2 Å². The van der Waals surface area contributed by atoms with Crippen LogP contribution in [0.3, 0.4) is 0 Å². The average molecular weight is 212 g/mol. The van der Waals surface area contributed by atoms with Crippen molar-refractivity contribution in [3.05, 3.63) is 36.2 Å². The van der Waals surface area contributed by atoms with Crippen LogP contribution in [0.15, 0.2) is 30.6 Å². The molecule has 0 unspecified atom stereocenters. The van der Waals surface area contributed by atoms with Gasteiger partial charge in [0.05, 0.1) is 17.4 Å². The average Bonchev–Trinajstić information content (AvgIpc) is 2.60. The number of imidazole rings is 1. The summed E-state index contributed by atoms with van der Waals surface area (Å²) in [5.41, 5.74) is 1.95. The van der Waals surface area contributed by atoms with E-state index < -0.39 is 6.18 Å². The summed E-state index contributed by atoms with van der Waals surface area (Å²) in [6.07, 6.45) is -1.53. The Morgan fingerprint density at radius 2 is 2.07 bits per heavy atom. The van der Waals surface area contributed by atoms with E-state index >= 15 is 0 Å². The van der Waals surface area contributed by atoms with Crippen molar-refractivity contribution in [2.24, 2.45) is 0 Å². The van der Waals surface area contributed by atoms with Crippen LogP contribution in [0, 0.1) is 0 Å². The molecule has 1 N–H and O–H groups in total. The zero-order valence-corrected chi connectivity index (χ0v) is 7.55. The first-order chi connectivity index (χ1) is 7.04. The number of aromatic nitrogens is 2. The summed E-state index contributed by atoms with van der Waals surface area (Å²) in [6, 6.07) is 4.87. The topological polar surface area (TPSA) is 28.7 Å². The highest BCUT2D eigenvalue weighted by molar-refractivity contribution is 5.77. The fourth-order valence-corrected chi connectivity index (χ4v) is 1.25. The first-order valence-electron chi connectivity index (χ1n) is 4.24. The van der Waals surface area contributed by atoms with Gasteiger partial charge in [0.25, 0.3) is 0 Å². The molecule has 0 saturated carbocycles. The van der Waals surface area contributed by atoms with Crippen molar-refractivity contribution in [3.63, 3.8) is 0 Å². The molecular weight excluding hydrogens is 205 g/mol. The molecule has 15 heavy (non-hydrogen) atoms. The predicted octanol–water partition coefficient (Wildman–Crippen LogP) is 3.14. The minimum atomic E-state index is -4.27. The van der Waals surface area contributed by atoms with Gasteiger partial charge < -0.3 is 4.98 Å². The maximum Gasteiger partial charge on any atom is 0.409 e. The van der Waals surface area contributed by atoms with Crippen molar-refractivity contribution in [2.75, 3.05) is 0 Å². The van der Waals surface area contributed by atoms with Gasteiger partial charge in [-0.3, -0.25) is 0 Å². The highest BCUT2D eigenvalue weighted by Crippen LogP contribution is 2.19. The third-order valence-electron chi connectivity index (χ3n) is 1.91. The molecule has 2 aromatic rings. The molecule has 0 spiro atoms. The van der Waals surface area contributed by atoms with Crippen LogP contribution in [-0.4, -0.2) is 16.1 Å². The molecule has 1 aromatic carbocycles. The molecule has 0 aliphatic heterocycles. The Kier molecular flexibility index (Phi) is 2.22. The number of rotatable bonds is 1. The molecule has 78 valence electrons. The van der Waals surface area contributed by atoms with Crippen LogP contribution in [0.25, 0.3) is 17.1 Å². The zero-order chi connectivity index (χ0) is 10.9. The molecule has 0 radical (unpaired) electrons. The normalized spacial score (nSPS) is 12.7. The SMILES string of the molecule is FC(F)(F)C=Cc1ccc2nc[nH]c2c1. The van der Waals surface area contributed by atoms with Crippen LogP contribution in [-0.2, 0) is 0 Å². The number of nitrogens with one attached hydrogen (secondary N) is 1. The van der Waals surface area contributed by atoms with Crippen molar-refractivity contribution in [1.82, 2.24) is 9.97 Å². The smallest absolute Gasteiger partial charge is 0.345 e. The summed E-state index contributed by atoms with van der Waals surface area (Å²) in [5.74, 6) is 0. The summed E-state index contributed by atoms with van der Waals surface area (Å²) < 4.78 is 35.7. The molecule has 0 fully saturated rings. The summed E-state index contributed by atoms with van der Waals surface area (Å²) in [6.45, 7) is 0. The first-order valence-corrected chi connectivity index (χ1v) is 4.24. The Balaban J connectivity index is 2.33. The molecule has 0 saturated heterocycles. The Bertz CT molecular complexity index is 497. The van der Waals surface area contributed by atoms with Crippen LogP contribution >= 0.6 is 0 Å². The van der Waals surface area contributed by atoms with E-state index in [4.69, 9.17) is 0 Å². The van der Waals surface area contributed by atoms with Gasteiger partial charge in [0.2, 0.25) is 0 Å². The summed E-state index contributed by atoms with van der Waals surface area (Å²) >= 11 is 0. The van der Waals surface area contributed by atoms with E-state index in [-0.39, 0.29) is 6.08 Å². The highest BCUT2D eigenvalue weighted by atomic mass is 19.4. The lowest BCUT2D eigenvalue weighted by Crippen LogP contribution is -2.00. The van der Waals surface area contributed by atoms with Crippen LogP contribution in [0.5, 0.6) is 0 Å². The van der Waals surface area contributed by atoms with E-state index in [1.54, 1.807) is 18.2 Å². The van der Waals surface area contributed by atoms with Crippen LogP contribution in [0.1, 0.15) is 5.56 Å². The van der Waals surface area contributed by atoms with E-state index in [1.165, 1.54) is 6.33 Å². The Hall–Kier alpha value is -1.78. The van der Waals surface area contributed by atoms with Crippen molar-refractivity contribution < 1.29 is 13.2 Å². The van der Waals surface area contributed by atoms with E-state index in [2.05, 4.69) is 9.97 Å². The molecule has 2 nitrogen and oxygen atoms in total. The number of hydrogen-bond donors (Lipinski definition) is 1. The molecule has 0 aliphatic carbocycles. The van der Waals surface area contributed by atoms with E-state index in [1.807, 2.05) is 0 Å². The largest absolute Gasteiger partial charge is 0.409 e. The van der Waals surface area contributed by atoms with Crippen molar-refractivity contribution >= 4 is 17.1 Å². The van der Waals surface area contributed by atoms with Crippen molar-refractivity contribution in [3.8, 4) is 0 Å². The van der Waals surface area contributed by atoms with Crippen molar-refractivity contribution in [1.29, 1.82) is 0 Å². The van der Waals surface area contributed by atoms with Gasteiger partial charge in [0, 0.05) is 6.08 Å². The molecule has 1 aromatic heterocycles. The van der Waals surface area contributed by atoms with Gasteiger partial charge in [-0.1, -0.05) is 12.1 Å². The standard InChI is InChI=1S/C10H7F3N2/c11-10(12,13)4-3-7-1-2-8-9(5-7)15-6-14-8/h1-6H,(H,14,15). The van der Waals surface area contributed by atoms with Crippen LogP contribution < -0.4 is 0 Å². The highest BCUT2D eigenvalue weighted by Gasteiger charge is 2.21. The molecule has 0 amide bonds. The fraction of sp³-hybridized carbons (Fsp3) is 0.100. The summed E-state index contributed by atoms with van der Waals surface area (Å²) in [5, 5.41) is 0. The molecule has 5 heteroatoms. The Morgan fingerprint density at radius 1 is 1.27 bits per heavy atom. The van der Waals surface area contributed by atoms with Crippen LogP contribution in [0.4, 0.5) is 13.2 Å². The second-order valence-electron chi connectivity index (χ2n) is 3.05. The summed E-state index contributed by atoms with van der Waals surface area (Å²) in [4.78, 5) is 6.80. The molecule has 0 bridgehead atoms. The number of halogens is 3. The van der Waals surface area contributed by atoms with Crippen molar-refractivity contribution in [2.45, 2.75) is 6.18 Å². The van der Waals surface area contributed by atoms with E-state index in [0.29, 0.717) is 5.56 Å². The molecule has 0 atom stereocenters. The van der Waals surface area contributed by atoms with Crippen LogP contribution in [0.2, 0.25) is 0 Å². The number of H-pyrrole nitrogens is 1. The first kappa shape index (κ1) is 9.76. The number of benzene rings is 1. The lowest BCUT2D eigenvalue weighted by Gasteiger charge is -1.98. The molecule has 0 aliphatic rings. The Morgan fingerprint density at radius 3 is 2.80 bits per heavy atom. The van der Waals surface area contributed by atoms with E-state index in [9.17, 15) is 13.2 Å². The second-order valence-corrected chi connectivity index (χ2v) is 3.05. The minimum absolute atomic E-state index is 0.213. The third kappa shape index (κ3) is 2.37. The fourth-order valence-electron chi connectivity index (χ4n) is 1.25. The van der Waals surface area contributed by atoms with Gasteiger partial charge >= 0.3 is 6.18 Å². The van der Waals surface area contributed by atoms with Gasteiger partial charge in [-0.25, -0.2) is 4.98 Å². The quantitative estimate of drug-likeness (QED) is 0.772. The minimum Gasteiger partial charge on any atom is -0.345 e. The number of fused-ring (bicyclic) bond motifs is 1. The number of nitrogens with zero attached hydrogens (tertiary/aromatic N) is 1. The maximum absolute atomic E-state index is 11.9. The number of alkyl halides is 3. The molecular formula is C10H7F3N2. The lowest BCUT2D eigenvalue weighted by molar-refractivity contribution is -0.0790. The summed E-state index contributed by atoms with van der Waals surface area (Å²) in [7, 11) is 0. The predicted molar refractivity (Wildman–Crippen MR) is 51.2 cm³/mol. The molecule has 1 heterocycles. The Labute approximate surface area is 83.4 Å². The van der Waals surface area contributed by atoms with E-state index in [0.717, 1.165) is 17.1 Å². The molecule has 2 rings (SSSR count). The number of hydrogen-bond acceptors (Lipinski definition) is 1.